The summed E-state index contributed by atoms with van der Waals surface area (Å²) in [4.78, 5) is 14.1. The van der Waals surface area contributed by atoms with Gasteiger partial charge in [0.05, 0.1) is 17.1 Å². The number of amides is 1. The highest BCUT2D eigenvalue weighted by Crippen LogP contribution is 2.29. The van der Waals surface area contributed by atoms with Crippen molar-refractivity contribution in [3.05, 3.63) is 58.1 Å². The lowest BCUT2D eigenvalue weighted by Gasteiger charge is -2.01. The van der Waals surface area contributed by atoms with E-state index in [-0.39, 0.29) is 11.8 Å². The van der Waals surface area contributed by atoms with Crippen molar-refractivity contribution in [3.8, 4) is 5.88 Å². The molecule has 0 atom stereocenters. The van der Waals surface area contributed by atoms with Crippen LogP contribution in [0, 0.1) is 0 Å². The summed E-state index contributed by atoms with van der Waals surface area (Å²) in [5.74, 6) is -0.0500. The van der Waals surface area contributed by atoms with E-state index in [0.717, 1.165) is 27.0 Å². The summed E-state index contributed by atoms with van der Waals surface area (Å²) in [7, 11) is 0. The van der Waals surface area contributed by atoms with E-state index in [2.05, 4.69) is 20.5 Å². The van der Waals surface area contributed by atoms with E-state index in [1.807, 2.05) is 36.4 Å². The fraction of sp³-hybridized carbons (Fsp3) is 0.0556. The molecule has 2 aromatic carbocycles. The molecule has 0 unspecified atom stereocenters. The molecule has 0 spiro atoms. The van der Waals surface area contributed by atoms with Crippen LogP contribution >= 0.6 is 0 Å². The van der Waals surface area contributed by atoms with Crippen molar-refractivity contribution in [2.75, 3.05) is 5.32 Å². The van der Waals surface area contributed by atoms with Crippen molar-refractivity contribution < 1.29 is 9.90 Å². The molecule has 3 N–H and O–H groups in total. The summed E-state index contributed by atoms with van der Waals surface area (Å²) in [5, 5.41) is 23.5. The molecule has 6 nitrogen and oxygen atoms in total. The number of H-pyrrole nitrogens is 1. The zero-order chi connectivity index (χ0) is 16.7. The molecule has 0 radical (unpaired) electrons. The average Bonchev–Trinajstić information content (AvgIpc) is 3.11. The Morgan fingerprint density at radius 3 is 2.96 bits per heavy atom. The van der Waals surface area contributed by atoms with Crippen LogP contribution in [0.5, 0.6) is 5.88 Å². The van der Waals surface area contributed by atoms with E-state index in [9.17, 15) is 9.90 Å². The number of aromatic nitrogens is 1. The highest BCUT2D eigenvalue weighted by Gasteiger charge is 2.09. The second-order valence-electron chi connectivity index (χ2n) is 5.64. The molecule has 0 saturated heterocycles. The monoisotopic (exact) mass is 318 g/mol. The maximum atomic E-state index is 11.2. The number of nitrogens with one attached hydrogen (secondary N) is 2. The number of carbonyl (C=O) groups is 1. The largest absolute Gasteiger partial charge is 0.494 e. The van der Waals surface area contributed by atoms with Gasteiger partial charge < -0.3 is 15.4 Å². The Morgan fingerprint density at radius 1 is 1.25 bits per heavy atom. The Morgan fingerprint density at radius 2 is 2.12 bits per heavy atom. The molecule has 2 heterocycles. The van der Waals surface area contributed by atoms with Gasteiger partial charge in [0.1, 0.15) is 0 Å². The van der Waals surface area contributed by atoms with E-state index in [4.69, 9.17) is 0 Å². The van der Waals surface area contributed by atoms with E-state index in [1.165, 1.54) is 6.92 Å². The summed E-state index contributed by atoms with van der Waals surface area (Å²) in [6, 6.07) is 11.3. The minimum absolute atomic E-state index is 0.0869. The van der Waals surface area contributed by atoms with Gasteiger partial charge in [-0.25, -0.2) is 0 Å². The lowest BCUT2D eigenvalue weighted by Crippen LogP contribution is -2.11. The Labute approximate surface area is 136 Å². The Hall–Kier alpha value is -3.41. The molecular weight excluding hydrogens is 304 g/mol. The topological polar surface area (TPSA) is 89.8 Å². The summed E-state index contributed by atoms with van der Waals surface area (Å²) >= 11 is 0. The minimum Gasteiger partial charge on any atom is -0.494 e. The third-order valence-corrected chi connectivity index (χ3v) is 3.86. The zero-order valence-electron chi connectivity index (χ0n) is 12.9. The number of hydrogen-bond donors (Lipinski definition) is 3. The number of aromatic amines is 1. The van der Waals surface area contributed by atoms with Crippen LogP contribution in [0.3, 0.4) is 0 Å². The molecule has 1 aromatic heterocycles. The first kappa shape index (κ1) is 14.2. The number of rotatable bonds is 2. The van der Waals surface area contributed by atoms with E-state index >= 15 is 0 Å². The van der Waals surface area contributed by atoms with Crippen LogP contribution in [-0.4, -0.2) is 22.2 Å². The molecule has 4 rings (SSSR count). The molecule has 0 saturated carbocycles. The number of aromatic hydroxyl groups is 1. The normalized spacial score (nSPS) is 13.1. The molecule has 1 aliphatic heterocycles. The quantitative estimate of drug-likeness (QED) is 0.670. The highest BCUT2D eigenvalue weighted by atomic mass is 16.3. The van der Waals surface area contributed by atoms with Crippen molar-refractivity contribution in [1.82, 2.24) is 4.98 Å². The van der Waals surface area contributed by atoms with Crippen LogP contribution in [-0.2, 0) is 4.79 Å². The molecule has 1 aliphatic rings. The second kappa shape index (κ2) is 5.34. The fourth-order valence-electron chi connectivity index (χ4n) is 2.81. The molecule has 1 amide bonds. The van der Waals surface area contributed by atoms with Crippen molar-refractivity contribution in [1.29, 1.82) is 0 Å². The van der Waals surface area contributed by atoms with E-state index < -0.39 is 0 Å². The summed E-state index contributed by atoms with van der Waals surface area (Å²) in [5.41, 5.74) is 3.09. The van der Waals surface area contributed by atoms with Gasteiger partial charge in [-0.05, 0) is 35.6 Å². The van der Waals surface area contributed by atoms with Gasteiger partial charge in [0, 0.05) is 29.1 Å². The van der Waals surface area contributed by atoms with Crippen molar-refractivity contribution in [2.45, 2.75) is 6.92 Å². The van der Waals surface area contributed by atoms with Crippen molar-refractivity contribution in [3.63, 3.8) is 0 Å². The molecule has 24 heavy (non-hydrogen) atoms. The smallest absolute Gasteiger partial charge is 0.221 e. The van der Waals surface area contributed by atoms with Crippen LogP contribution in [0.1, 0.15) is 18.1 Å². The van der Waals surface area contributed by atoms with Crippen LogP contribution in [0.15, 0.2) is 46.6 Å². The highest BCUT2D eigenvalue weighted by molar-refractivity contribution is 5.96. The van der Waals surface area contributed by atoms with Gasteiger partial charge in [0.15, 0.2) is 5.88 Å². The molecule has 0 aliphatic carbocycles. The zero-order valence-corrected chi connectivity index (χ0v) is 12.9. The number of nitrogens with zero attached hydrogens (tertiary/aromatic N) is 2. The predicted octanol–water partition coefficient (Wildman–Crippen LogP) is 1.63. The Balaban J connectivity index is 1.83. The predicted molar refractivity (Wildman–Crippen MR) is 92.7 cm³/mol. The van der Waals surface area contributed by atoms with Crippen molar-refractivity contribution in [2.24, 2.45) is 10.2 Å². The van der Waals surface area contributed by atoms with Gasteiger partial charge in [-0.2, -0.15) is 10.2 Å². The van der Waals surface area contributed by atoms with Crippen LogP contribution in [0.25, 0.3) is 17.0 Å². The first-order valence-electron chi connectivity index (χ1n) is 7.45. The third-order valence-electron chi connectivity index (χ3n) is 3.86. The summed E-state index contributed by atoms with van der Waals surface area (Å²) in [6.45, 7) is 1.46. The lowest BCUT2D eigenvalue weighted by atomic mass is 10.1. The van der Waals surface area contributed by atoms with Crippen LogP contribution < -0.4 is 15.9 Å². The van der Waals surface area contributed by atoms with Gasteiger partial charge in [-0.1, -0.05) is 12.1 Å². The minimum atomic E-state index is -0.137. The number of anilines is 1. The molecule has 6 heteroatoms. The molecule has 0 fully saturated rings. The molecule has 3 aromatic rings. The van der Waals surface area contributed by atoms with E-state index in [0.29, 0.717) is 11.3 Å². The van der Waals surface area contributed by atoms with Crippen molar-refractivity contribution >= 4 is 34.8 Å². The summed E-state index contributed by atoms with van der Waals surface area (Å²) < 4.78 is 0. The number of carbonyl (C=O) groups excluding carboxylic acids is 1. The molecule has 0 bridgehead atoms. The lowest BCUT2D eigenvalue weighted by molar-refractivity contribution is -0.114. The maximum absolute atomic E-state index is 11.2. The van der Waals surface area contributed by atoms with Gasteiger partial charge in [0.25, 0.3) is 0 Å². The van der Waals surface area contributed by atoms with Gasteiger partial charge in [-0.3, -0.25) is 4.79 Å². The SMILES string of the molecule is CC(=O)Nc1ccc2c(C=c3ccc4c(c3)C=NN=4)c(O)[nH]c2c1. The number of benzene rings is 2. The Kier molecular flexibility index (Phi) is 3.16. The van der Waals surface area contributed by atoms with Crippen LogP contribution in [0.4, 0.5) is 5.69 Å². The maximum Gasteiger partial charge on any atom is 0.221 e. The third kappa shape index (κ3) is 2.44. The second-order valence-corrected chi connectivity index (χ2v) is 5.64. The Bertz CT molecular complexity index is 1130. The van der Waals surface area contributed by atoms with Gasteiger partial charge >= 0.3 is 0 Å². The number of hydrogen-bond acceptors (Lipinski definition) is 4. The first-order chi connectivity index (χ1) is 11.6. The summed E-state index contributed by atoms with van der Waals surface area (Å²) in [6.07, 6.45) is 3.61. The standard InChI is InChI=1S/C18H14N4O2/c1-10(23)20-13-3-4-14-15(18(24)21-17(14)8-13)7-11-2-5-16-12(6-11)9-19-22-16/h2-9,21,24H,1H3,(H,20,23). The molecule has 118 valence electrons. The van der Waals surface area contributed by atoms with Crippen LogP contribution in [0.2, 0.25) is 0 Å². The van der Waals surface area contributed by atoms with E-state index in [1.54, 1.807) is 12.3 Å². The first-order valence-corrected chi connectivity index (χ1v) is 7.45. The van der Waals surface area contributed by atoms with Gasteiger partial charge in [-0.15, -0.1) is 0 Å². The van der Waals surface area contributed by atoms with Gasteiger partial charge in [0.2, 0.25) is 5.91 Å². The number of fused-ring (bicyclic) bond motifs is 2. The fourth-order valence-corrected chi connectivity index (χ4v) is 2.81. The molecular formula is C18H14N4O2. The average molecular weight is 318 g/mol.